The Morgan fingerprint density at radius 3 is 2.26 bits per heavy atom. The van der Waals surface area contributed by atoms with Gasteiger partial charge in [0.15, 0.2) is 11.6 Å². The van der Waals surface area contributed by atoms with Crippen LogP contribution < -0.4 is 4.52 Å². The summed E-state index contributed by atoms with van der Waals surface area (Å²) in [5, 5.41) is 9.46. The Morgan fingerprint density at radius 2 is 1.66 bits per heavy atom. The topological polar surface area (TPSA) is 118 Å². The Labute approximate surface area is 214 Å². The predicted molar refractivity (Wildman–Crippen MR) is 131 cm³/mol. The smallest absolute Gasteiger partial charge is 0.478 e. The van der Waals surface area contributed by atoms with Crippen LogP contribution in [0.3, 0.4) is 0 Å². The van der Waals surface area contributed by atoms with Crippen LogP contribution >= 0.6 is 7.82 Å². The molecule has 0 saturated carbocycles. The second kappa shape index (κ2) is 9.92. The van der Waals surface area contributed by atoms with Crippen molar-refractivity contribution in [1.29, 1.82) is 0 Å². The fourth-order valence-electron chi connectivity index (χ4n) is 4.90. The molecule has 1 aromatic heterocycles. The molecule has 0 radical (unpaired) electrons. The molecule has 3 N–H and O–H groups in total. The first-order valence-electron chi connectivity index (χ1n) is 11.5. The van der Waals surface area contributed by atoms with Gasteiger partial charge in [-0.3, -0.25) is 9.79 Å². The normalized spacial score (nSPS) is 14.7. The van der Waals surface area contributed by atoms with Gasteiger partial charge in [-0.1, -0.05) is 12.1 Å². The van der Waals surface area contributed by atoms with Crippen LogP contribution in [0.15, 0.2) is 54.6 Å². The number of aromatic nitrogens is 1. The number of phosphoric acid groups is 1. The summed E-state index contributed by atoms with van der Waals surface area (Å²) in [6.45, 7) is 0.781. The van der Waals surface area contributed by atoms with Gasteiger partial charge in [-0.15, -0.1) is 0 Å². The third kappa shape index (κ3) is 4.93. The van der Waals surface area contributed by atoms with Crippen LogP contribution in [-0.2, 0) is 9.30 Å². The van der Waals surface area contributed by atoms with E-state index in [9.17, 15) is 37.4 Å². The van der Waals surface area contributed by atoms with E-state index in [1.54, 1.807) is 0 Å². The van der Waals surface area contributed by atoms with Crippen molar-refractivity contribution in [1.82, 2.24) is 4.57 Å². The van der Waals surface area contributed by atoms with Gasteiger partial charge in [-0.05, 0) is 48.7 Å². The SMILES string of the molecule is O=C(O)c1ccc(-c2c(C3CCOCC3)n(-c3ccc(F)c(F)c3)c3cc(F)cc(OP(=O)(O)O)c23)cc1. The molecule has 0 amide bonds. The number of hydrogen-bond acceptors (Lipinski definition) is 4. The molecule has 0 aliphatic carbocycles. The zero-order valence-electron chi connectivity index (χ0n) is 19.6. The van der Waals surface area contributed by atoms with E-state index in [1.807, 2.05) is 0 Å². The van der Waals surface area contributed by atoms with Crippen LogP contribution in [-0.4, -0.2) is 38.6 Å². The van der Waals surface area contributed by atoms with Gasteiger partial charge < -0.3 is 18.9 Å². The van der Waals surface area contributed by atoms with Gasteiger partial charge in [0.25, 0.3) is 0 Å². The molecule has 38 heavy (non-hydrogen) atoms. The molecule has 8 nitrogen and oxygen atoms in total. The van der Waals surface area contributed by atoms with Gasteiger partial charge in [0.2, 0.25) is 0 Å². The number of rotatable bonds is 6. The van der Waals surface area contributed by atoms with Crippen LogP contribution in [0.25, 0.3) is 27.7 Å². The third-order valence-corrected chi connectivity index (χ3v) is 6.88. The van der Waals surface area contributed by atoms with Crippen molar-refractivity contribution in [2.45, 2.75) is 18.8 Å². The minimum Gasteiger partial charge on any atom is -0.478 e. The lowest BCUT2D eigenvalue weighted by molar-refractivity contribution is 0.0696. The van der Waals surface area contributed by atoms with Crippen molar-refractivity contribution >= 4 is 24.7 Å². The van der Waals surface area contributed by atoms with E-state index in [2.05, 4.69) is 0 Å². The zero-order valence-corrected chi connectivity index (χ0v) is 20.5. The standard InChI is InChI=1S/C26H21F3NO7P/c27-17-11-21-24(22(12-17)37-38(33,34)35)23(14-1-3-16(4-2-14)26(31)32)25(15-7-9-36-10-8-15)30(21)18-5-6-19(28)20(29)13-18/h1-6,11-13,15H,7-10H2,(H,31,32)(H2,33,34,35). The summed E-state index contributed by atoms with van der Waals surface area (Å²) >= 11 is 0. The van der Waals surface area contributed by atoms with E-state index in [4.69, 9.17) is 9.26 Å². The lowest BCUT2D eigenvalue weighted by atomic mass is 9.89. The molecular weight excluding hydrogens is 526 g/mol. The summed E-state index contributed by atoms with van der Waals surface area (Å²) in [6, 6.07) is 10.9. The molecule has 1 saturated heterocycles. The highest BCUT2D eigenvalue weighted by Gasteiger charge is 2.31. The van der Waals surface area contributed by atoms with Crippen LogP contribution in [0, 0.1) is 17.5 Å². The average Bonchev–Trinajstić information content (AvgIpc) is 3.20. The molecule has 1 aliphatic rings. The number of benzene rings is 3. The van der Waals surface area contributed by atoms with Gasteiger partial charge in [-0.2, -0.15) is 0 Å². The molecule has 0 atom stereocenters. The number of carboxylic acid groups (broad SMARTS) is 1. The van der Waals surface area contributed by atoms with Crippen LogP contribution in [0.4, 0.5) is 13.2 Å². The first kappa shape index (κ1) is 26.0. The highest BCUT2D eigenvalue weighted by molar-refractivity contribution is 7.46. The molecule has 5 rings (SSSR count). The predicted octanol–water partition coefficient (Wildman–Crippen LogP) is 5.78. The molecule has 4 aromatic rings. The highest BCUT2D eigenvalue weighted by atomic mass is 31.2. The molecule has 0 bridgehead atoms. The maximum Gasteiger partial charge on any atom is 0.524 e. The lowest BCUT2D eigenvalue weighted by Crippen LogP contribution is -2.17. The van der Waals surface area contributed by atoms with Gasteiger partial charge in [0, 0.05) is 48.2 Å². The largest absolute Gasteiger partial charge is 0.524 e. The summed E-state index contributed by atoms with van der Waals surface area (Å²) in [4.78, 5) is 30.6. The Kier molecular flexibility index (Phi) is 6.79. The number of phosphoric ester groups is 1. The van der Waals surface area contributed by atoms with E-state index in [0.717, 1.165) is 24.3 Å². The number of aromatic carboxylic acids is 1. The van der Waals surface area contributed by atoms with Crippen LogP contribution in [0.5, 0.6) is 5.75 Å². The Balaban J connectivity index is 1.93. The molecule has 1 fully saturated rings. The average molecular weight is 547 g/mol. The van der Waals surface area contributed by atoms with Crippen LogP contribution in [0.1, 0.15) is 34.8 Å². The number of halogens is 3. The Morgan fingerprint density at radius 1 is 0.974 bits per heavy atom. The fourth-order valence-corrected chi connectivity index (χ4v) is 5.30. The zero-order chi connectivity index (χ0) is 27.2. The maximum atomic E-state index is 14.9. The number of nitrogens with zero attached hydrogens (tertiary/aromatic N) is 1. The maximum absolute atomic E-state index is 14.9. The number of ether oxygens (including phenoxy) is 1. The highest BCUT2D eigenvalue weighted by Crippen LogP contribution is 2.50. The summed E-state index contributed by atoms with van der Waals surface area (Å²) in [7, 11) is -5.15. The molecule has 0 unspecified atom stereocenters. The molecule has 0 spiro atoms. The monoisotopic (exact) mass is 547 g/mol. The quantitative estimate of drug-likeness (QED) is 0.262. The van der Waals surface area contributed by atoms with Gasteiger partial charge in [-0.25, -0.2) is 22.5 Å². The minimum absolute atomic E-state index is 0.00319. The van der Waals surface area contributed by atoms with E-state index >= 15 is 0 Å². The minimum atomic E-state index is -5.15. The van der Waals surface area contributed by atoms with Crippen molar-refractivity contribution in [3.63, 3.8) is 0 Å². The van der Waals surface area contributed by atoms with Gasteiger partial charge in [0.1, 0.15) is 11.6 Å². The second-order valence-corrected chi connectivity index (χ2v) is 10.0. The summed E-state index contributed by atoms with van der Waals surface area (Å²) in [5.74, 6) is -4.96. The van der Waals surface area contributed by atoms with E-state index < -0.39 is 37.0 Å². The molecule has 1 aliphatic heterocycles. The number of carboxylic acids is 1. The van der Waals surface area contributed by atoms with E-state index in [-0.39, 0.29) is 28.1 Å². The summed E-state index contributed by atoms with van der Waals surface area (Å²) < 4.78 is 66.9. The molecule has 198 valence electrons. The van der Waals surface area contributed by atoms with Crippen molar-refractivity contribution in [3.8, 4) is 22.6 Å². The number of carbonyl (C=O) groups is 1. The number of hydrogen-bond donors (Lipinski definition) is 3. The molecular formula is C26H21F3NO7P. The van der Waals surface area contributed by atoms with Crippen molar-refractivity contribution in [3.05, 3.63) is 83.3 Å². The van der Waals surface area contributed by atoms with Crippen LogP contribution in [0.2, 0.25) is 0 Å². The van der Waals surface area contributed by atoms with Crippen molar-refractivity contribution in [2.24, 2.45) is 0 Å². The van der Waals surface area contributed by atoms with Crippen molar-refractivity contribution in [2.75, 3.05) is 13.2 Å². The summed E-state index contributed by atoms with van der Waals surface area (Å²) in [6.07, 6.45) is 1.02. The third-order valence-electron chi connectivity index (χ3n) is 6.44. The van der Waals surface area contributed by atoms with Gasteiger partial charge >= 0.3 is 13.8 Å². The first-order valence-corrected chi connectivity index (χ1v) is 13.1. The Bertz CT molecular complexity index is 1590. The molecule has 3 aromatic carbocycles. The van der Waals surface area contributed by atoms with Gasteiger partial charge in [0.05, 0.1) is 16.5 Å². The Hall–Kier alpha value is -3.63. The van der Waals surface area contributed by atoms with E-state index in [1.165, 1.54) is 34.9 Å². The van der Waals surface area contributed by atoms with Crippen molar-refractivity contribution < 1.29 is 46.7 Å². The summed E-state index contributed by atoms with van der Waals surface area (Å²) in [5.41, 5.74) is 1.61. The lowest BCUT2D eigenvalue weighted by Gasteiger charge is -2.26. The fraction of sp³-hybridized carbons (Fsp3) is 0.192. The second-order valence-electron chi connectivity index (χ2n) is 8.84. The van der Waals surface area contributed by atoms with E-state index in [0.29, 0.717) is 42.9 Å². The molecule has 12 heteroatoms. The number of fused-ring (bicyclic) bond motifs is 1. The first-order chi connectivity index (χ1) is 18.0. The molecule has 2 heterocycles.